The summed E-state index contributed by atoms with van der Waals surface area (Å²) < 4.78 is 16.4. The minimum absolute atomic E-state index is 0.0431. The fourth-order valence-electron chi connectivity index (χ4n) is 3.37. The molecule has 130 valence electrons. The molecular weight excluding hydrogens is 332 g/mol. The maximum atomic E-state index is 13.1. The van der Waals surface area contributed by atoms with E-state index in [-0.39, 0.29) is 18.9 Å². The van der Waals surface area contributed by atoms with Gasteiger partial charge in [0.05, 0.1) is 18.4 Å². The number of carbonyl (C=O) groups excluding carboxylic acids is 1. The average Bonchev–Trinajstić information content (AvgIpc) is 3.35. The third-order valence-corrected chi connectivity index (χ3v) is 4.64. The Kier molecular flexibility index (Phi) is 3.35. The van der Waals surface area contributed by atoms with Crippen LogP contribution in [0.1, 0.15) is 27.8 Å². The van der Waals surface area contributed by atoms with Crippen molar-refractivity contribution in [3.05, 3.63) is 77.7 Å². The van der Waals surface area contributed by atoms with Crippen molar-refractivity contribution in [2.24, 2.45) is 0 Å². The van der Waals surface area contributed by atoms with Gasteiger partial charge in [0.25, 0.3) is 5.91 Å². The number of fused-ring (bicyclic) bond motifs is 2. The molecule has 0 bridgehead atoms. The smallest absolute Gasteiger partial charge is 0.258 e. The van der Waals surface area contributed by atoms with Gasteiger partial charge in [-0.3, -0.25) is 4.79 Å². The predicted octanol–water partition coefficient (Wildman–Crippen LogP) is 3.78. The lowest BCUT2D eigenvalue weighted by molar-refractivity contribution is 0.0651. The highest BCUT2D eigenvalue weighted by Gasteiger charge is 2.34. The van der Waals surface area contributed by atoms with E-state index in [1.165, 1.54) is 0 Å². The number of nitrogens with zero attached hydrogens (tertiary/aromatic N) is 1. The van der Waals surface area contributed by atoms with Crippen molar-refractivity contribution in [1.82, 2.24) is 4.90 Å². The topological polar surface area (TPSA) is 63.9 Å². The fourth-order valence-corrected chi connectivity index (χ4v) is 3.37. The van der Waals surface area contributed by atoms with E-state index in [1.807, 2.05) is 54.6 Å². The molecule has 6 heteroatoms. The highest BCUT2D eigenvalue weighted by atomic mass is 16.7. The number of amides is 1. The largest absolute Gasteiger partial charge is 0.467 e. The van der Waals surface area contributed by atoms with Crippen molar-refractivity contribution in [2.75, 3.05) is 12.1 Å². The van der Waals surface area contributed by atoms with E-state index in [0.29, 0.717) is 23.6 Å². The Morgan fingerprint density at radius 1 is 1.04 bits per heavy atom. The second-order valence-electron chi connectivity index (χ2n) is 6.22. The van der Waals surface area contributed by atoms with Crippen LogP contribution in [-0.2, 0) is 6.54 Å². The summed E-state index contributed by atoms with van der Waals surface area (Å²) in [4.78, 5) is 14.9. The summed E-state index contributed by atoms with van der Waals surface area (Å²) >= 11 is 0. The number of para-hydroxylation sites is 1. The van der Waals surface area contributed by atoms with Crippen LogP contribution in [0.3, 0.4) is 0 Å². The first-order valence-corrected chi connectivity index (χ1v) is 8.38. The number of hydrogen-bond acceptors (Lipinski definition) is 5. The quantitative estimate of drug-likeness (QED) is 0.780. The minimum atomic E-state index is -0.336. The van der Waals surface area contributed by atoms with Gasteiger partial charge in [-0.05, 0) is 42.0 Å². The van der Waals surface area contributed by atoms with Crippen molar-refractivity contribution in [1.29, 1.82) is 0 Å². The number of anilines is 1. The molecule has 2 aromatic carbocycles. The molecule has 6 nitrogen and oxygen atoms in total. The maximum Gasteiger partial charge on any atom is 0.258 e. The van der Waals surface area contributed by atoms with Crippen molar-refractivity contribution in [2.45, 2.75) is 12.7 Å². The number of hydrogen-bond donors (Lipinski definition) is 1. The van der Waals surface area contributed by atoms with E-state index < -0.39 is 0 Å². The zero-order chi connectivity index (χ0) is 17.5. The summed E-state index contributed by atoms with van der Waals surface area (Å²) in [6.45, 7) is 0.584. The van der Waals surface area contributed by atoms with Crippen LogP contribution in [0.25, 0.3) is 0 Å². The Morgan fingerprint density at radius 2 is 1.92 bits per heavy atom. The van der Waals surface area contributed by atoms with E-state index in [2.05, 4.69) is 5.32 Å². The van der Waals surface area contributed by atoms with E-state index in [1.54, 1.807) is 11.2 Å². The Balaban J connectivity index is 1.57. The molecule has 1 aromatic heterocycles. The standard InChI is InChI=1S/C20H16N2O4/c23-20-15-5-1-2-6-16(15)21-19(22(20)11-14-4-3-9-24-14)13-7-8-17-18(10-13)26-12-25-17/h1-10,19,21H,11-12H2/t19-/m1/s1. The van der Waals surface area contributed by atoms with E-state index in [9.17, 15) is 4.79 Å². The fraction of sp³-hybridized carbons (Fsp3) is 0.150. The van der Waals surface area contributed by atoms with E-state index in [4.69, 9.17) is 13.9 Å². The first-order valence-electron chi connectivity index (χ1n) is 8.38. The summed E-state index contributed by atoms with van der Waals surface area (Å²) in [5, 5.41) is 3.46. The molecule has 0 aliphatic carbocycles. The van der Waals surface area contributed by atoms with Crippen molar-refractivity contribution >= 4 is 11.6 Å². The summed E-state index contributed by atoms with van der Waals surface area (Å²) in [6, 6.07) is 16.9. The second kappa shape index (κ2) is 5.84. The molecule has 3 heterocycles. The Bertz CT molecular complexity index is 968. The van der Waals surface area contributed by atoms with Crippen LogP contribution in [0, 0.1) is 0 Å². The van der Waals surface area contributed by atoms with Crippen molar-refractivity contribution in [3.63, 3.8) is 0 Å². The normalized spacial score (nSPS) is 17.8. The number of carbonyl (C=O) groups is 1. The van der Waals surface area contributed by atoms with Crippen LogP contribution in [0.2, 0.25) is 0 Å². The van der Waals surface area contributed by atoms with Crippen LogP contribution >= 0.6 is 0 Å². The summed E-state index contributed by atoms with van der Waals surface area (Å²) in [7, 11) is 0. The van der Waals surface area contributed by atoms with Gasteiger partial charge in [-0.2, -0.15) is 0 Å². The molecule has 0 radical (unpaired) electrons. The zero-order valence-corrected chi connectivity index (χ0v) is 13.8. The highest BCUT2D eigenvalue weighted by Crippen LogP contribution is 2.39. The monoisotopic (exact) mass is 348 g/mol. The van der Waals surface area contributed by atoms with Gasteiger partial charge in [0.1, 0.15) is 11.9 Å². The molecular formula is C20H16N2O4. The van der Waals surface area contributed by atoms with Gasteiger partial charge in [0.2, 0.25) is 6.79 Å². The summed E-state index contributed by atoms with van der Waals surface area (Å²) in [5.41, 5.74) is 2.38. The lowest BCUT2D eigenvalue weighted by atomic mass is 10.0. The second-order valence-corrected chi connectivity index (χ2v) is 6.22. The molecule has 1 atom stereocenters. The molecule has 0 spiro atoms. The molecule has 5 rings (SSSR count). The number of rotatable bonds is 3. The summed E-state index contributed by atoms with van der Waals surface area (Å²) in [6.07, 6.45) is 1.28. The molecule has 1 N–H and O–H groups in total. The van der Waals surface area contributed by atoms with Crippen molar-refractivity contribution < 1.29 is 18.7 Å². The lowest BCUT2D eigenvalue weighted by Gasteiger charge is -2.37. The molecule has 0 fully saturated rings. The van der Waals surface area contributed by atoms with Crippen LogP contribution in [0.15, 0.2) is 65.3 Å². The Morgan fingerprint density at radius 3 is 2.81 bits per heavy atom. The predicted molar refractivity (Wildman–Crippen MR) is 94.0 cm³/mol. The molecule has 3 aromatic rings. The van der Waals surface area contributed by atoms with Crippen LogP contribution in [0.5, 0.6) is 11.5 Å². The summed E-state index contributed by atoms with van der Waals surface area (Å²) in [5.74, 6) is 2.09. The first-order chi connectivity index (χ1) is 12.8. The Hall–Kier alpha value is -3.41. The molecule has 0 saturated heterocycles. The third-order valence-electron chi connectivity index (χ3n) is 4.64. The molecule has 0 saturated carbocycles. The van der Waals surface area contributed by atoms with Gasteiger partial charge < -0.3 is 24.1 Å². The Labute approximate surface area is 149 Å². The van der Waals surface area contributed by atoms with Crippen LogP contribution < -0.4 is 14.8 Å². The average molecular weight is 348 g/mol. The number of furan rings is 1. The number of ether oxygens (including phenoxy) is 2. The van der Waals surface area contributed by atoms with E-state index in [0.717, 1.165) is 17.0 Å². The van der Waals surface area contributed by atoms with Gasteiger partial charge in [-0.15, -0.1) is 0 Å². The van der Waals surface area contributed by atoms with Crippen LogP contribution in [-0.4, -0.2) is 17.6 Å². The SMILES string of the molecule is O=C1c2ccccc2N[C@@H](c2ccc3c(c2)OCO3)N1Cc1ccco1. The molecule has 0 unspecified atom stereocenters. The van der Waals surface area contributed by atoms with Gasteiger partial charge in [0, 0.05) is 5.69 Å². The number of nitrogens with one attached hydrogen (secondary N) is 1. The van der Waals surface area contributed by atoms with Gasteiger partial charge in [-0.1, -0.05) is 18.2 Å². The van der Waals surface area contributed by atoms with Gasteiger partial charge in [-0.25, -0.2) is 0 Å². The van der Waals surface area contributed by atoms with Crippen molar-refractivity contribution in [3.8, 4) is 11.5 Å². The van der Waals surface area contributed by atoms with Crippen LogP contribution in [0.4, 0.5) is 5.69 Å². The molecule has 2 aliphatic rings. The van der Waals surface area contributed by atoms with Gasteiger partial charge >= 0.3 is 0 Å². The maximum absolute atomic E-state index is 13.1. The van der Waals surface area contributed by atoms with Gasteiger partial charge in [0.15, 0.2) is 11.5 Å². The van der Waals surface area contributed by atoms with E-state index >= 15 is 0 Å². The molecule has 1 amide bonds. The first kappa shape index (κ1) is 14.9. The highest BCUT2D eigenvalue weighted by molar-refractivity contribution is 6.01. The molecule has 2 aliphatic heterocycles. The number of benzene rings is 2. The lowest BCUT2D eigenvalue weighted by Crippen LogP contribution is -2.42. The molecule has 26 heavy (non-hydrogen) atoms. The zero-order valence-electron chi connectivity index (χ0n) is 13.8. The third kappa shape index (κ3) is 2.38. The minimum Gasteiger partial charge on any atom is -0.467 e.